The molecule has 56 heavy (non-hydrogen) atoms. The van der Waals surface area contributed by atoms with Crippen molar-refractivity contribution < 1.29 is 4.42 Å². The number of rotatable bonds is 6. The molecular formula is C54H41NO. The molecule has 0 unspecified atom stereocenters. The summed E-state index contributed by atoms with van der Waals surface area (Å²) in [5.74, 6) is 0.590. The van der Waals surface area contributed by atoms with Crippen molar-refractivity contribution in [3.8, 4) is 22.3 Å². The van der Waals surface area contributed by atoms with Crippen molar-refractivity contribution >= 4 is 71.3 Å². The summed E-state index contributed by atoms with van der Waals surface area (Å²) in [6.07, 6.45) is 6.49. The molecule has 268 valence electrons. The molecule has 10 aromatic rings. The lowest BCUT2D eigenvalue weighted by molar-refractivity contribution is 0.445. The van der Waals surface area contributed by atoms with Gasteiger partial charge in [-0.2, -0.15) is 0 Å². The molecule has 11 rings (SSSR count). The minimum atomic E-state index is 0.590. The van der Waals surface area contributed by atoms with Crippen LogP contribution in [-0.2, 0) is 0 Å². The Labute approximate surface area is 327 Å². The summed E-state index contributed by atoms with van der Waals surface area (Å²) in [5.41, 5.74) is 11.5. The molecule has 1 heterocycles. The zero-order valence-electron chi connectivity index (χ0n) is 31.3. The van der Waals surface area contributed by atoms with E-state index in [0.29, 0.717) is 5.92 Å². The van der Waals surface area contributed by atoms with Crippen LogP contribution in [0.2, 0.25) is 0 Å². The van der Waals surface area contributed by atoms with Crippen LogP contribution in [0.15, 0.2) is 186 Å². The van der Waals surface area contributed by atoms with Crippen LogP contribution in [0.3, 0.4) is 0 Å². The molecule has 0 atom stereocenters. The van der Waals surface area contributed by atoms with Gasteiger partial charge in [-0.1, -0.05) is 159 Å². The van der Waals surface area contributed by atoms with Crippen LogP contribution < -0.4 is 4.90 Å². The van der Waals surface area contributed by atoms with E-state index >= 15 is 0 Å². The number of benzene rings is 9. The van der Waals surface area contributed by atoms with Crippen LogP contribution in [0.5, 0.6) is 0 Å². The van der Waals surface area contributed by atoms with Crippen molar-refractivity contribution in [3.05, 3.63) is 188 Å². The molecule has 0 radical (unpaired) electrons. The molecule has 0 amide bonds. The van der Waals surface area contributed by atoms with E-state index in [1.807, 2.05) is 6.07 Å². The van der Waals surface area contributed by atoms with E-state index in [1.165, 1.54) is 92.2 Å². The molecule has 0 saturated heterocycles. The van der Waals surface area contributed by atoms with Crippen LogP contribution in [0.1, 0.15) is 43.6 Å². The Balaban J connectivity index is 1.10. The summed E-state index contributed by atoms with van der Waals surface area (Å²) in [6, 6.07) is 66.8. The topological polar surface area (TPSA) is 16.4 Å². The van der Waals surface area contributed by atoms with E-state index in [0.717, 1.165) is 39.0 Å². The minimum absolute atomic E-state index is 0.590. The number of furan rings is 1. The first kappa shape index (κ1) is 32.8. The lowest BCUT2D eigenvalue weighted by Crippen LogP contribution is -2.11. The summed E-state index contributed by atoms with van der Waals surface area (Å²) in [7, 11) is 0. The molecule has 0 bridgehead atoms. The SMILES string of the molecule is c1ccc(N(c2ccc(-c3cccc4c3ccc3ccccc34)cc2)c2ccc3c(c2)oc2ccccc23)c(-c2cccc3cccc(C4CCCCC4)c23)c1. The largest absolute Gasteiger partial charge is 0.456 e. The van der Waals surface area contributed by atoms with Gasteiger partial charge in [0.05, 0.1) is 5.69 Å². The maximum Gasteiger partial charge on any atom is 0.137 e. The van der Waals surface area contributed by atoms with E-state index in [9.17, 15) is 0 Å². The molecule has 1 aliphatic rings. The van der Waals surface area contributed by atoms with Gasteiger partial charge in [0.1, 0.15) is 11.2 Å². The van der Waals surface area contributed by atoms with Crippen LogP contribution in [0, 0.1) is 0 Å². The van der Waals surface area contributed by atoms with Gasteiger partial charge in [-0.25, -0.2) is 0 Å². The molecule has 2 nitrogen and oxygen atoms in total. The molecule has 0 aliphatic heterocycles. The molecule has 2 heteroatoms. The van der Waals surface area contributed by atoms with Crippen molar-refractivity contribution in [1.82, 2.24) is 0 Å². The maximum atomic E-state index is 6.49. The van der Waals surface area contributed by atoms with Crippen LogP contribution in [-0.4, -0.2) is 0 Å². The fourth-order valence-corrected chi connectivity index (χ4v) is 9.61. The molecule has 9 aromatic carbocycles. The number of anilines is 3. The van der Waals surface area contributed by atoms with Crippen molar-refractivity contribution in [1.29, 1.82) is 0 Å². The molecule has 0 spiro atoms. The Kier molecular flexibility index (Phi) is 7.95. The third-order valence-corrected chi connectivity index (χ3v) is 12.3. The zero-order valence-corrected chi connectivity index (χ0v) is 31.3. The van der Waals surface area contributed by atoms with Gasteiger partial charge in [-0.15, -0.1) is 0 Å². The van der Waals surface area contributed by atoms with Crippen molar-refractivity contribution in [2.45, 2.75) is 38.0 Å². The molecule has 1 aliphatic carbocycles. The lowest BCUT2D eigenvalue weighted by atomic mass is 9.80. The first-order valence-corrected chi connectivity index (χ1v) is 20.1. The fourth-order valence-electron chi connectivity index (χ4n) is 9.61. The van der Waals surface area contributed by atoms with Gasteiger partial charge in [0.2, 0.25) is 0 Å². The number of hydrogen-bond acceptors (Lipinski definition) is 2. The quantitative estimate of drug-likeness (QED) is 0.159. The second-order valence-corrected chi connectivity index (χ2v) is 15.5. The van der Waals surface area contributed by atoms with Gasteiger partial charge in [-0.05, 0) is 110 Å². The Hall–Kier alpha value is -6.64. The number of para-hydroxylation sites is 2. The van der Waals surface area contributed by atoms with Crippen molar-refractivity contribution in [2.75, 3.05) is 4.90 Å². The predicted octanol–water partition coefficient (Wildman–Crippen LogP) is 15.9. The summed E-state index contributed by atoms with van der Waals surface area (Å²) >= 11 is 0. The Morgan fingerprint density at radius 1 is 0.411 bits per heavy atom. The maximum absolute atomic E-state index is 6.49. The summed E-state index contributed by atoms with van der Waals surface area (Å²) in [6.45, 7) is 0. The minimum Gasteiger partial charge on any atom is -0.456 e. The van der Waals surface area contributed by atoms with Gasteiger partial charge in [0.15, 0.2) is 0 Å². The lowest BCUT2D eigenvalue weighted by Gasteiger charge is -2.29. The first-order chi connectivity index (χ1) is 27.8. The Morgan fingerprint density at radius 3 is 1.95 bits per heavy atom. The highest BCUT2D eigenvalue weighted by Gasteiger charge is 2.23. The summed E-state index contributed by atoms with van der Waals surface area (Å²) in [4.78, 5) is 2.42. The van der Waals surface area contributed by atoms with E-state index in [-0.39, 0.29) is 0 Å². The third-order valence-electron chi connectivity index (χ3n) is 12.3. The third kappa shape index (κ3) is 5.47. The highest BCUT2D eigenvalue weighted by Crippen LogP contribution is 2.47. The Bertz CT molecular complexity index is 3070. The van der Waals surface area contributed by atoms with Crippen LogP contribution >= 0.6 is 0 Å². The standard InChI is InChI=1S/C54H41NO/c1-2-13-36(14-3-1)44-22-10-16-39-17-11-24-50(54(39)44)47-19-6-8-25-51(47)55(41-32-34-49-48-20-7-9-26-52(48)56-53(49)35-41)40-30-27-38(28-31-40)43-21-12-23-45-42-18-5-4-15-37(42)29-33-46(43)45/h4-12,15-36H,1-3,13-14H2. The second-order valence-electron chi connectivity index (χ2n) is 15.5. The Morgan fingerprint density at radius 2 is 1.05 bits per heavy atom. The second kappa shape index (κ2) is 13.6. The number of nitrogens with zero attached hydrogens (tertiary/aromatic N) is 1. The monoisotopic (exact) mass is 719 g/mol. The molecule has 1 aromatic heterocycles. The van der Waals surface area contributed by atoms with Crippen LogP contribution in [0.25, 0.3) is 76.5 Å². The van der Waals surface area contributed by atoms with E-state index in [2.05, 4.69) is 181 Å². The molecule has 1 saturated carbocycles. The van der Waals surface area contributed by atoms with Gasteiger partial charge < -0.3 is 9.32 Å². The first-order valence-electron chi connectivity index (χ1n) is 20.1. The zero-order chi connectivity index (χ0) is 37.0. The van der Waals surface area contributed by atoms with Gasteiger partial charge in [-0.3, -0.25) is 0 Å². The van der Waals surface area contributed by atoms with Gasteiger partial charge in [0.25, 0.3) is 0 Å². The summed E-state index contributed by atoms with van der Waals surface area (Å²) < 4.78 is 6.49. The summed E-state index contributed by atoms with van der Waals surface area (Å²) in [5, 5.41) is 10.1. The average molecular weight is 720 g/mol. The van der Waals surface area contributed by atoms with E-state index in [4.69, 9.17) is 4.42 Å². The van der Waals surface area contributed by atoms with Crippen molar-refractivity contribution in [2.24, 2.45) is 0 Å². The van der Waals surface area contributed by atoms with Crippen LogP contribution in [0.4, 0.5) is 17.1 Å². The van der Waals surface area contributed by atoms with Gasteiger partial charge >= 0.3 is 0 Å². The number of fused-ring (bicyclic) bond motifs is 7. The fraction of sp³-hybridized carbons (Fsp3) is 0.111. The highest BCUT2D eigenvalue weighted by atomic mass is 16.3. The number of hydrogen-bond donors (Lipinski definition) is 0. The molecule has 0 N–H and O–H groups in total. The highest BCUT2D eigenvalue weighted by molar-refractivity contribution is 6.12. The normalized spacial score (nSPS) is 13.6. The van der Waals surface area contributed by atoms with E-state index < -0.39 is 0 Å². The van der Waals surface area contributed by atoms with Gasteiger partial charge in [0, 0.05) is 33.8 Å². The average Bonchev–Trinajstić information content (AvgIpc) is 3.64. The molecule has 1 fully saturated rings. The predicted molar refractivity (Wildman–Crippen MR) is 238 cm³/mol. The van der Waals surface area contributed by atoms with Crippen molar-refractivity contribution in [3.63, 3.8) is 0 Å². The smallest absolute Gasteiger partial charge is 0.137 e. The molecular weight excluding hydrogens is 679 g/mol. The van der Waals surface area contributed by atoms with E-state index in [1.54, 1.807) is 0 Å².